The Morgan fingerprint density at radius 3 is 2.62 bits per heavy atom. The van der Waals surface area contributed by atoms with E-state index in [1.54, 1.807) is 4.68 Å². The molecule has 124 valence electrons. The van der Waals surface area contributed by atoms with Crippen LogP contribution in [0.5, 0.6) is 0 Å². The molecule has 0 unspecified atom stereocenters. The van der Waals surface area contributed by atoms with E-state index in [1.165, 1.54) is 11.3 Å². The van der Waals surface area contributed by atoms with E-state index >= 15 is 0 Å². The van der Waals surface area contributed by atoms with Crippen LogP contribution in [0.1, 0.15) is 17.0 Å². The number of benzene rings is 1. The highest BCUT2D eigenvalue weighted by atomic mass is 79.9. The number of aromatic nitrogens is 3. The summed E-state index contributed by atoms with van der Waals surface area (Å²) in [7, 11) is 1.88. The lowest BCUT2D eigenvalue weighted by Crippen LogP contribution is -2.15. The van der Waals surface area contributed by atoms with E-state index in [9.17, 15) is 4.79 Å². The molecule has 0 saturated heterocycles. The van der Waals surface area contributed by atoms with Gasteiger partial charge in [-0.05, 0) is 26.0 Å². The van der Waals surface area contributed by atoms with Crippen LogP contribution >= 0.6 is 27.3 Å². The van der Waals surface area contributed by atoms with Crippen molar-refractivity contribution in [3.63, 3.8) is 0 Å². The molecule has 0 radical (unpaired) electrons. The van der Waals surface area contributed by atoms with Crippen molar-refractivity contribution < 1.29 is 4.79 Å². The molecule has 0 aliphatic rings. The fourth-order valence-electron chi connectivity index (χ4n) is 2.48. The average molecular weight is 405 g/mol. The summed E-state index contributed by atoms with van der Waals surface area (Å²) in [5, 5.41) is 9.77. The molecule has 5 nitrogen and oxygen atoms in total. The SMILES string of the molecule is Cc1nn(C)c(C)c1CC(=O)Nc1nc(-c2ccc(Br)cc2)cs1. The summed E-state index contributed by atoms with van der Waals surface area (Å²) in [6.07, 6.45) is 0.304. The van der Waals surface area contributed by atoms with Crippen LogP contribution in [-0.4, -0.2) is 20.7 Å². The van der Waals surface area contributed by atoms with Gasteiger partial charge in [-0.15, -0.1) is 11.3 Å². The van der Waals surface area contributed by atoms with Crippen molar-refractivity contribution in [1.82, 2.24) is 14.8 Å². The van der Waals surface area contributed by atoms with Gasteiger partial charge in [-0.2, -0.15) is 5.10 Å². The topological polar surface area (TPSA) is 59.8 Å². The molecule has 0 atom stereocenters. The van der Waals surface area contributed by atoms with Crippen molar-refractivity contribution in [1.29, 1.82) is 0 Å². The number of anilines is 1. The summed E-state index contributed by atoms with van der Waals surface area (Å²) in [4.78, 5) is 16.8. The minimum atomic E-state index is -0.0779. The van der Waals surface area contributed by atoms with Crippen molar-refractivity contribution in [3.8, 4) is 11.3 Å². The van der Waals surface area contributed by atoms with Gasteiger partial charge in [-0.1, -0.05) is 28.1 Å². The summed E-state index contributed by atoms with van der Waals surface area (Å²) in [6.45, 7) is 3.89. The maximum atomic E-state index is 12.3. The van der Waals surface area contributed by atoms with Crippen molar-refractivity contribution >= 4 is 38.3 Å². The fraction of sp³-hybridized carbons (Fsp3) is 0.235. The number of thiazole rings is 1. The monoisotopic (exact) mass is 404 g/mol. The van der Waals surface area contributed by atoms with E-state index in [0.717, 1.165) is 32.7 Å². The van der Waals surface area contributed by atoms with Crippen LogP contribution in [0, 0.1) is 13.8 Å². The number of hydrogen-bond acceptors (Lipinski definition) is 4. The van der Waals surface area contributed by atoms with Gasteiger partial charge in [0.1, 0.15) is 0 Å². The van der Waals surface area contributed by atoms with Crippen LogP contribution < -0.4 is 5.32 Å². The number of aryl methyl sites for hydroxylation is 2. The second-order valence-electron chi connectivity index (χ2n) is 5.54. The lowest BCUT2D eigenvalue weighted by Gasteiger charge is -2.03. The highest BCUT2D eigenvalue weighted by Gasteiger charge is 2.15. The van der Waals surface area contributed by atoms with E-state index in [4.69, 9.17) is 0 Å². The molecule has 0 aliphatic carbocycles. The molecule has 0 spiro atoms. The van der Waals surface area contributed by atoms with Gasteiger partial charge in [0.05, 0.1) is 17.8 Å². The lowest BCUT2D eigenvalue weighted by molar-refractivity contribution is -0.115. The largest absolute Gasteiger partial charge is 0.302 e. The average Bonchev–Trinajstić information content (AvgIpc) is 3.09. The maximum absolute atomic E-state index is 12.3. The Morgan fingerprint density at radius 1 is 1.29 bits per heavy atom. The molecule has 3 aromatic rings. The van der Waals surface area contributed by atoms with Gasteiger partial charge in [0, 0.05) is 33.7 Å². The molecule has 0 bridgehead atoms. The Bertz CT molecular complexity index is 883. The Kier molecular flexibility index (Phi) is 4.82. The van der Waals surface area contributed by atoms with Crippen LogP contribution in [-0.2, 0) is 18.3 Å². The standard InChI is InChI=1S/C17H17BrN4OS/c1-10-14(11(2)22(3)21-10)8-16(23)20-17-19-15(9-24-17)12-4-6-13(18)7-5-12/h4-7,9H,8H2,1-3H3,(H,19,20,23). The Hall–Kier alpha value is -1.99. The first-order valence-electron chi connectivity index (χ1n) is 7.44. The zero-order valence-corrected chi connectivity index (χ0v) is 16.0. The summed E-state index contributed by atoms with van der Waals surface area (Å²) in [5.74, 6) is -0.0779. The highest BCUT2D eigenvalue weighted by Crippen LogP contribution is 2.26. The number of rotatable bonds is 4. The van der Waals surface area contributed by atoms with Crippen LogP contribution in [0.3, 0.4) is 0 Å². The first-order chi connectivity index (χ1) is 11.4. The molecular formula is C17H17BrN4OS. The summed E-state index contributed by atoms with van der Waals surface area (Å²) in [5.41, 5.74) is 4.75. The summed E-state index contributed by atoms with van der Waals surface area (Å²) in [6, 6.07) is 7.93. The third kappa shape index (κ3) is 3.57. The number of hydrogen-bond donors (Lipinski definition) is 1. The van der Waals surface area contributed by atoms with Crippen LogP contribution in [0.25, 0.3) is 11.3 Å². The van der Waals surface area contributed by atoms with Crippen molar-refractivity contribution in [2.45, 2.75) is 20.3 Å². The van der Waals surface area contributed by atoms with E-state index in [0.29, 0.717) is 11.6 Å². The zero-order chi connectivity index (χ0) is 17.3. The van der Waals surface area contributed by atoms with Crippen molar-refractivity contribution in [2.24, 2.45) is 7.05 Å². The Morgan fingerprint density at radius 2 is 2.00 bits per heavy atom. The maximum Gasteiger partial charge on any atom is 0.230 e. The molecule has 2 heterocycles. The molecular weight excluding hydrogens is 388 g/mol. The number of carbonyl (C=O) groups excluding carboxylic acids is 1. The molecule has 0 saturated carbocycles. The number of halogens is 1. The molecule has 2 aromatic heterocycles. The van der Waals surface area contributed by atoms with Gasteiger partial charge < -0.3 is 5.32 Å². The second kappa shape index (κ2) is 6.86. The van der Waals surface area contributed by atoms with Crippen LogP contribution in [0.15, 0.2) is 34.1 Å². The quantitative estimate of drug-likeness (QED) is 0.711. The predicted molar refractivity (Wildman–Crippen MR) is 100 cm³/mol. The molecule has 0 fully saturated rings. The highest BCUT2D eigenvalue weighted by molar-refractivity contribution is 9.10. The minimum absolute atomic E-state index is 0.0779. The van der Waals surface area contributed by atoms with Gasteiger partial charge >= 0.3 is 0 Å². The van der Waals surface area contributed by atoms with Gasteiger partial charge in [-0.3, -0.25) is 9.48 Å². The third-order valence-electron chi connectivity index (χ3n) is 3.89. The number of carbonyl (C=O) groups is 1. The third-order valence-corrected chi connectivity index (χ3v) is 5.17. The van der Waals surface area contributed by atoms with E-state index in [-0.39, 0.29) is 5.91 Å². The zero-order valence-electron chi connectivity index (χ0n) is 13.6. The van der Waals surface area contributed by atoms with E-state index in [2.05, 4.69) is 31.3 Å². The Labute approximate surface area is 152 Å². The predicted octanol–water partition coefficient (Wildman–Crippen LogP) is 4.10. The molecule has 24 heavy (non-hydrogen) atoms. The molecule has 1 N–H and O–H groups in total. The van der Waals surface area contributed by atoms with Crippen LogP contribution in [0.2, 0.25) is 0 Å². The normalized spacial score (nSPS) is 10.8. The number of nitrogens with one attached hydrogen (secondary N) is 1. The number of amides is 1. The van der Waals surface area contributed by atoms with Gasteiger partial charge in [0.15, 0.2) is 5.13 Å². The molecule has 7 heteroatoms. The molecule has 1 amide bonds. The molecule has 0 aliphatic heterocycles. The van der Waals surface area contributed by atoms with E-state index < -0.39 is 0 Å². The fourth-order valence-corrected chi connectivity index (χ4v) is 3.48. The summed E-state index contributed by atoms with van der Waals surface area (Å²) >= 11 is 4.84. The second-order valence-corrected chi connectivity index (χ2v) is 7.32. The molecule has 1 aromatic carbocycles. The Balaban J connectivity index is 1.70. The van der Waals surface area contributed by atoms with Gasteiger partial charge in [0.25, 0.3) is 0 Å². The van der Waals surface area contributed by atoms with E-state index in [1.807, 2.05) is 50.5 Å². The van der Waals surface area contributed by atoms with Crippen molar-refractivity contribution in [2.75, 3.05) is 5.32 Å². The lowest BCUT2D eigenvalue weighted by atomic mass is 10.1. The van der Waals surface area contributed by atoms with Crippen LogP contribution in [0.4, 0.5) is 5.13 Å². The molecule has 3 rings (SSSR count). The first kappa shape index (κ1) is 16.9. The van der Waals surface area contributed by atoms with Gasteiger partial charge in [0.2, 0.25) is 5.91 Å². The first-order valence-corrected chi connectivity index (χ1v) is 9.11. The smallest absolute Gasteiger partial charge is 0.230 e. The van der Waals surface area contributed by atoms with Gasteiger partial charge in [-0.25, -0.2) is 4.98 Å². The minimum Gasteiger partial charge on any atom is -0.302 e. The number of nitrogens with zero attached hydrogens (tertiary/aromatic N) is 3. The summed E-state index contributed by atoms with van der Waals surface area (Å²) < 4.78 is 2.82. The van der Waals surface area contributed by atoms with Crippen molar-refractivity contribution in [3.05, 3.63) is 51.1 Å².